The van der Waals surface area contributed by atoms with Gasteiger partial charge in [-0.25, -0.2) is 14.6 Å². The number of aryl methyl sites for hydroxylation is 1. The Balaban J connectivity index is 1.33. The summed E-state index contributed by atoms with van der Waals surface area (Å²) in [4.78, 5) is 21.6. The minimum atomic E-state index is -0.317. The van der Waals surface area contributed by atoms with Crippen LogP contribution in [-0.2, 0) is 13.7 Å². The van der Waals surface area contributed by atoms with E-state index in [9.17, 15) is 4.79 Å². The van der Waals surface area contributed by atoms with Gasteiger partial charge in [-0.15, -0.1) is 5.10 Å². The van der Waals surface area contributed by atoms with Gasteiger partial charge in [0.2, 0.25) is 0 Å². The van der Waals surface area contributed by atoms with Gasteiger partial charge in [0.15, 0.2) is 17.1 Å². The summed E-state index contributed by atoms with van der Waals surface area (Å²) in [5.41, 5.74) is 3.78. The number of hydrogen-bond acceptors (Lipinski definition) is 7. The highest BCUT2D eigenvalue weighted by Gasteiger charge is 2.13. The summed E-state index contributed by atoms with van der Waals surface area (Å²) in [6.45, 7) is 0.256. The number of rotatable bonds is 6. The first-order chi connectivity index (χ1) is 16.1. The Morgan fingerprint density at radius 3 is 2.79 bits per heavy atom. The number of nitrogens with zero attached hydrogens (tertiary/aromatic N) is 5. The smallest absolute Gasteiger partial charge is 0.257 e. The van der Waals surface area contributed by atoms with Crippen molar-refractivity contribution < 1.29 is 14.3 Å². The number of benzene rings is 2. The molecule has 0 saturated carbocycles. The number of para-hydroxylation sites is 1. The Hall–Kier alpha value is -4.53. The minimum Gasteiger partial charge on any atom is -0.493 e. The predicted octanol–water partition coefficient (Wildman–Crippen LogP) is 3.75. The van der Waals surface area contributed by atoms with E-state index < -0.39 is 0 Å². The van der Waals surface area contributed by atoms with Crippen LogP contribution in [0.5, 0.6) is 11.5 Å². The molecule has 2 aromatic carbocycles. The highest BCUT2D eigenvalue weighted by atomic mass is 16.5. The fraction of sp³-hybridized carbons (Fsp3) is 0.125. The van der Waals surface area contributed by atoms with Crippen molar-refractivity contribution in [2.24, 2.45) is 7.05 Å². The second-order valence-electron chi connectivity index (χ2n) is 7.38. The third-order valence-electron chi connectivity index (χ3n) is 5.16. The highest BCUT2D eigenvalue weighted by Crippen LogP contribution is 2.31. The van der Waals surface area contributed by atoms with Gasteiger partial charge in [0.25, 0.3) is 5.91 Å². The van der Waals surface area contributed by atoms with Gasteiger partial charge in [0.1, 0.15) is 12.1 Å². The standard InChI is InChI=1S/C24H20N6O3/c1-30-23-20(28-29-30)11-16(13-25-23)24(31)27-17-9-10-21(32-2)22(12-17)33-14-18-8-7-15-5-3-4-6-19(15)26-18/h3-13H,14H2,1-2H3,(H,27,31). The van der Waals surface area contributed by atoms with E-state index in [1.807, 2.05) is 36.4 Å². The number of amides is 1. The van der Waals surface area contributed by atoms with Gasteiger partial charge in [-0.05, 0) is 30.3 Å². The topological polar surface area (TPSA) is 104 Å². The predicted molar refractivity (Wildman–Crippen MR) is 123 cm³/mol. The molecule has 1 N–H and O–H groups in total. The first-order valence-electron chi connectivity index (χ1n) is 10.2. The Labute approximate surface area is 189 Å². The minimum absolute atomic E-state index is 0.256. The van der Waals surface area contributed by atoms with Crippen LogP contribution in [0.4, 0.5) is 5.69 Å². The van der Waals surface area contributed by atoms with Crippen molar-refractivity contribution >= 4 is 33.7 Å². The number of hydrogen-bond donors (Lipinski definition) is 1. The van der Waals surface area contributed by atoms with E-state index in [0.717, 1.165) is 16.6 Å². The molecule has 33 heavy (non-hydrogen) atoms. The third-order valence-corrected chi connectivity index (χ3v) is 5.16. The Bertz CT molecular complexity index is 1480. The highest BCUT2D eigenvalue weighted by molar-refractivity contribution is 6.05. The second kappa shape index (κ2) is 8.54. The summed E-state index contributed by atoms with van der Waals surface area (Å²) in [6, 6.07) is 18.7. The lowest BCUT2D eigenvalue weighted by Crippen LogP contribution is -2.12. The fourth-order valence-electron chi connectivity index (χ4n) is 3.46. The third kappa shape index (κ3) is 4.16. The number of anilines is 1. The average molecular weight is 440 g/mol. The van der Waals surface area contributed by atoms with Crippen LogP contribution in [0.15, 0.2) is 66.9 Å². The van der Waals surface area contributed by atoms with Crippen LogP contribution >= 0.6 is 0 Å². The molecule has 0 atom stereocenters. The first kappa shape index (κ1) is 20.4. The number of methoxy groups -OCH3 is 1. The summed E-state index contributed by atoms with van der Waals surface area (Å²) in [5, 5.41) is 11.8. The largest absolute Gasteiger partial charge is 0.493 e. The van der Waals surface area contributed by atoms with Crippen LogP contribution in [0.2, 0.25) is 0 Å². The van der Waals surface area contributed by atoms with Gasteiger partial charge < -0.3 is 14.8 Å². The van der Waals surface area contributed by atoms with Crippen LogP contribution in [-0.4, -0.2) is 38.0 Å². The monoisotopic (exact) mass is 440 g/mol. The van der Waals surface area contributed by atoms with Crippen molar-refractivity contribution in [3.05, 3.63) is 78.1 Å². The number of fused-ring (bicyclic) bond motifs is 2. The molecule has 0 unspecified atom stereocenters. The maximum absolute atomic E-state index is 12.7. The SMILES string of the molecule is COc1ccc(NC(=O)c2cnc3c(c2)nnn3C)cc1OCc1ccc2ccccc2n1. The van der Waals surface area contributed by atoms with Crippen molar-refractivity contribution in [2.75, 3.05) is 12.4 Å². The van der Waals surface area contributed by atoms with E-state index in [1.54, 1.807) is 43.1 Å². The number of nitrogens with one attached hydrogen (secondary N) is 1. The van der Waals surface area contributed by atoms with Gasteiger partial charge in [0, 0.05) is 30.4 Å². The molecule has 0 aliphatic rings. The van der Waals surface area contributed by atoms with Gasteiger partial charge in [-0.2, -0.15) is 0 Å². The Morgan fingerprint density at radius 1 is 1.03 bits per heavy atom. The molecule has 164 valence electrons. The molecule has 0 bridgehead atoms. The molecule has 0 fully saturated rings. The maximum Gasteiger partial charge on any atom is 0.257 e. The van der Waals surface area contributed by atoms with E-state index in [4.69, 9.17) is 9.47 Å². The summed E-state index contributed by atoms with van der Waals surface area (Å²) < 4.78 is 12.9. The van der Waals surface area contributed by atoms with E-state index >= 15 is 0 Å². The molecule has 3 aromatic heterocycles. The van der Waals surface area contributed by atoms with Crippen LogP contribution in [0.3, 0.4) is 0 Å². The van der Waals surface area contributed by atoms with Gasteiger partial charge in [-0.3, -0.25) is 4.79 Å². The normalized spacial score (nSPS) is 11.0. The number of aromatic nitrogens is 5. The molecule has 0 spiro atoms. The average Bonchev–Trinajstić information content (AvgIpc) is 3.22. The second-order valence-corrected chi connectivity index (χ2v) is 7.38. The zero-order valence-electron chi connectivity index (χ0n) is 18.0. The number of ether oxygens (including phenoxy) is 2. The Morgan fingerprint density at radius 2 is 1.91 bits per heavy atom. The summed E-state index contributed by atoms with van der Waals surface area (Å²) in [7, 11) is 3.31. The lowest BCUT2D eigenvalue weighted by molar-refractivity contribution is 0.102. The molecule has 0 aliphatic carbocycles. The molecule has 0 radical (unpaired) electrons. The molecule has 0 aliphatic heterocycles. The summed E-state index contributed by atoms with van der Waals surface area (Å²) in [5.74, 6) is 0.728. The van der Waals surface area contributed by atoms with Crippen LogP contribution in [0.25, 0.3) is 22.1 Å². The van der Waals surface area contributed by atoms with Crippen LogP contribution in [0, 0.1) is 0 Å². The van der Waals surface area contributed by atoms with Crippen molar-refractivity contribution in [1.29, 1.82) is 0 Å². The van der Waals surface area contributed by atoms with Crippen LogP contribution in [0.1, 0.15) is 16.1 Å². The van der Waals surface area contributed by atoms with Crippen molar-refractivity contribution in [3.63, 3.8) is 0 Å². The molecule has 5 rings (SSSR count). The lowest BCUT2D eigenvalue weighted by atomic mass is 10.2. The van der Waals surface area contributed by atoms with Crippen molar-refractivity contribution in [3.8, 4) is 11.5 Å². The summed E-state index contributed by atoms with van der Waals surface area (Å²) in [6.07, 6.45) is 1.49. The van der Waals surface area contributed by atoms with E-state index in [-0.39, 0.29) is 12.5 Å². The molecule has 9 nitrogen and oxygen atoms in total. The van der Waals surface area contributed by atoms with Gasteiger partial charge in [-0.1, -0.05) is 29.5 Å². The van der Waals surface area contributed by atoms with Crippen molar-refractivity contribution in [1.82, 2.24) is 25.0 Å². The molecular formula is C24H20N6O3. The lowest BCUT2D eigenvalue weighted by Gasteiger charge is -2.13. The molecule has 5 aromatic rings. The number of pyridine rings is 2. The molecule has 0 saturated heterocycles. The maximum atomic E-state index is 12.7. The molecular weight excluding hydrogens is 420 g/mol. The Kier molecular flexibility index (Phi) is 5.27. The van der Waals surface area contributed by atoms with E-state index in [2.05, 4.69) is 25.6 Å². The number of carbonyl (C=O) groups excluding carboxylic acids is 1. The van der Waals surface area contributed by atoms with E-state index in [1.165, 1.54) is 6.20 Å². The van der Waals surface area contributed by atoms with Gasteiger partial charge in [0.05, 0.1) is 23.9 Å². The quantitative estimate of drug-likeness (QED) is 0.429. The molecule has 1 amide bonds. The zero-order valence-corrected chi connectivity index (χ0v) is 18.0. The summed E-state index contributed by atoms with van der Waals surface area (Å²) >= 11 is 0. The van der Waals surface area contributed by atoms with Gasteiger partial charge >= 0.3 is 0 Å². The fourth-order valence-corrected chi connectivity index (χ4v) is 3.46. The van der Waals surface area contributed by atoms with E-state index in [0.29, 0.717) is 33.9 Å². The first-order valence-corrected chi connectivity index (χ1v) is 10.2. The zero-order chi connectivity index (χ0) is 22.8. The number of carbonyl (C=O) groups is 1. The molecule has 9 heteroatoms. The van der Waals surface area contributed by atoms with Crippen molar-refractivity contribution in [2.45, 2.75) is 6.61 Å². The van der Waals surface area contributed by atoms with Crippen LogP contribution < -0.4 is 14.8 Å². The molecule has 3 heterocycles.